The highest BCUT2D eigenvalue weighted by atomic mass is 28.4. The lowest BCUT2D eigenvalue weighted by molar-refractivity contribution is 0.123. The predicted octanol–water partition coefficient (Wildman–Crippen LogP) is 2.43. The molecule has 1 N–H and O–H groups in total. The fraction of sp³-hybridized carbons (Fsp3) is 0.571. The maximum atomic E-state index is 5.39. The third-order valence-electron chi connectivity index (χ3n) is 3.31. The zero-order valence-corrected chi connectivity index (χ0v) is 14.1. The fourth-order valence-corrected chi connectivity index (χ4v) is 3.69. The van der Waals surface area contributed by atoms with E-state index in [4.69, 9.17) is 13.3 Å². The van der Waals surface area contributed by atoms with Crippen LogP contribution in [0.25, 0.3) is 0 Å². The number of benzene rings is 1. The molecule has 0 spiro atoms. The summed E-state index contributed by atoms with van der Waals surface area (Å²) in [4.78, 5) is 2.08. The number of nitrogens with zero attached hydrogens (tertiary/aromatic N) is 1. The molecule has 0 saturated carbocycles. The summed E-state index contributed by atoms with van der Waals surface area (Å²) in [5, 5.41) is 3.39. The van der Waals surface area contributed by atoms with Crippen LogP contribution < -0.4 is 10.2 Å². The molecule has 0 saturated heterocycles. The Morgan fingerprint density at radius 3 is 2.00 bits per heavy atom. The molecule has 20 heavy (non-hydrogen) atoms. The first-order valence-electron chi connectivity index (χ1n) is 6.73. The number of hydrogen-bond donors (Lipinski definition) is 1. The molecule has 0 amide bonds. The van der Waals surface area contributed by atoms with Crippen molar-refractivity contribution < 1.29 is 13.3 Å². The summed E-state index contributed by atoms with van der Waals surface area (Å²) in [6, 6.07) is 9.17. The van der Waals surface area contributed by atoms with E-state index >= 15 is 0 Å². The Bertz CT molecular complexity index is 372. The lowest BCUT2D eigenvalue weighted by Gasteiger charge is -2.24. The van der Waals surface area contributed by atoms with Gasteiger partial charge in [-0.25, -0.2) is 0 Å². The first kappa shape index (κ1) is 17.0. The maximum Gasteiger partial charge on any atom is 0.500 e. The Morgan fingerprint density at radius 2 is 1.55 bits per heavy atom. The largest absolute Gasteiger partial charge is 0.500 e. The first-order valence-corrected chi connectivity index (χ1v) is 8.67. The lowest BCUT2D eigenvalue weighted by Crippen LogP contribution is -2.42. The van der Waals surface area contributed by atoms with Gasteiger partial charge in [-0.2, -0.15) is 0 Å². The summed E-state index contributed by atoms with van der Waals surface area (Å²) in [5.41, 5.74) is 2.32. The topological polar surface area (TPSA) is 43.0 Å². The highest BCUT2D eigenvalue weighted by molar-refractivity contribution is 6.60. The predicted molar refractivity (Wildman–Crippen MR) is 85.5 cm³/mol. The molecular weight excluding hydrogens is 272 g/mol. The van der Waals surface area contributed by atoms with Crippen molar-refractivity contribution in [2.24, 2.45) is 0 Å². The molecule has 0 aromatic heterocycles. The average molecular weight is 298 g/mol. The molecule has 0 heterocycles. The standard InChI is InChI=1S/C14H26N2O3Si/c1-16(2)14-9-7-13(8-10-14)15-11-6-12-20(17-3,18-4)19-5/h7-10,15H,6,11-12H2,1-5H3. The van der Waals surface area contributed by atoms with Crippen LogP contribution in [0, 0.1) is 0 Å². The second kappa shape index (κ2) is 8.26. The van der Waals surface area contributed by atoms with Crippen LogP contribution in [0.15, 0.2) is 24.3 Å². The Kier molecular flexibility index (Phi) is 7.01. The molecule has 5 nitrogen and oxygen atoms in total. The van der Waals surface area contributed by atoms with Crippen molar-refractivity contribution >= 4 is 20.2 Å². The van der Waals surface area contributed by atoms with Crippen LogP contribution in [0.2, 0.25) is 6.04 Å². The first-order chi connectivity index (χ1) is 9.56. The van der Waals surface area contributed by atoms with E-state index in [0.717, 1.165) is 24.7 Å². The Balaban J connectivity index is 2.37. The van der Waals surface area contributed by atoms with Crippen molar-refractivity contribution in [2.45, 2.75) is 12.5 Å². The average Bonchev–Trinajstić information content (AvgIpc) is 2.49. The van der Waals surface area contributed by atoms with Crippen LogP contribution in [0.5, 0.6) is 0 Å². The Hall–Kier alpha value is -1.08. The van der Waals surface area contributed by atoms with E-state index in [-0.39, 0.29) is 0 Å². The van der Waals surface area contributed by atoms with Crippen LogP contribution >= 0.6 is 0 Å². The minimum absolute atomic E-state index is 0.805. The highest BCUT2D eigenvalue weighted by Gasteiger charge is 2.36. The van der Waals surface area contributed by atoms with Gasteiger partial charge in [0.2, 0.25) is 0 Å². The third-order valence-corrected chi connectivity index (χ3v) is 6.14. The monoisotopic (exact) mass is 298 g/mol. The molecule has 114 valence electrons. The molecule has 1 aromatic rings. The van der Waals surface area contributed by atoms with Crippen molar-refractivity contribution in [1.29, 1.82) is 0 Å². The normalized spacial score (nSPS) is 11.4. The number of rotatable bonds is 9. The zero-order valence-electron chi connectivity index (χ0n) is 13.1. The second-order valence-electron chi connectivity index (χ2n) is 4.77. The molecular formula is C14H26N2O3Si. The van der Waals surface area contributed by atoms with Gasteiger partial charge < -0.3 is 23.5 Å². The summed E-state index contributed by atoms with van der Waals surface area (Å²) >= 11 is 0. The molecule has 6 heteroatoms. The van der Waals surface area contributed by atoms with Gasteiger partial charge >= 0.3 is 8.80 Å². The van der Waals surface area contributed by atoms with E-state index in [9.17, 15) is 0 Å². The highest BCUT2D eigenvalue weighted by Crippen LogP contribution is 2.17. The molecule has 0 aliphatic rings. The molecule has 0 bridgehead atoms. The second-order valence-corrected chi connectivity index (χ2v) is 7.86. The molecule has 1 aromatic carbocycles. The number of hydrogen-bond acceptors (Lipinski definition) is 5. The molecule has 0 atom stereocenters. The summed E-state index contributed by atoms with van der Waals surface area (Å²) in [7, 11) is 6.58. The van der Waals surface area contributed by atoms with Crippen LogP contribution in [-0.2, 0) is 13.3 Å². The van der Waals surface area contributed by atoms with E-state index in [1.807, 2.05) is 14.1 Å². The van der Waals surface area contributed by atoms with Crippen molar-refractivity contribution in [3.05, 3.63) is 24.3 Å². The molecule has 0 aliphatic carbocycles. The Labute approximate surface area is 123 Å². The van der Waals surface area contributed by atoms with Gasteiger partial charge in [-0.3, -0.25) is 0 Å². The Morgan fingerprint density at radius 1 is 1.00 bits per heavy atom. The third kappa shape index (κ3) is 4.79. The summed E-state index contributed by atoms with van der Waals surface area (Å²) in [6.45, 7) is 0.867. The van der Waals surface area contributed by atoms with Gasteiger partial charge in [0.1, 0.15) is 0 Å². The molecule has 0 aliphatic heterocycles. The van der Waals surface area contributed by atoms with Gasteiger partial charge in [-0.1, -0.05) is 0 Å². The summed E-state index contributed by atoms with van der Waals surface area (Å²) in [5.74, 6) is 0. The van der Waals surface area contributed by atoms with Gasteiger partial charge in [-0.15, -0.1) is 0 Å². The number of nitrogens with one attached hydrogen (secondary N) is 1. The lowest BCUT2D eigenvalue weighted by atomic mass is 10.2. The summed E-state index contributed by atoms with van der Waals surface area (Å²) < 4.78 is 16.2. The van der Waals surface area contributed by atoms with Gasteiger partial charge in [0.25, 0.3) is 0 Å². The van der Waals surface area contributed by atoms with E-state index in [0.29, 0.717) is 0 Å². The van der Waals surface area contributed by atoms with Crippen molar-refractivity contribution in [1.82, 2.24) is 0 Å². The minimum atomic E-state index is -2.43. The minimum Gasteiger partial charge on any atom is -0.385 e. The smallest absolute Gasteiger partial charge is 0.385 e. The van der Waals surface area contributed by atoms with Crippen LogP contribution in [0.1, 0.15) is 6.42 Å². The molecule has 1 rings (SSSR count). The quantitative estimate of drug-likeness (QED) is 0.560. The zero-order chi connectivity index (χ0) is 15.0. The van der Waals surface area contributed by atoms with Gasteiger partial charge in [0, 0.05) is 59.4 Å². The summed E-state index contributed by atoms with van der Waals surface area (Å²) in [6.07, 6.45) is 0.942. The molecule has 0 fully saturated rings. The van der Waals surface area contributed by atoms with Crippen molar-refractivity contribution in [2.75, 3.05) is 52.2 Å². The van der Waals surface area contributed by atoms with Crippen molar-refractivity contribution in [3.8, 4) is 0 Å². The van der Waals surface area contributed by atoms with Crippen LogP contribution in [0.4, 0.5) is 11.4 Å². The molecule has 0 unspecified atom stereocenters. The van der Waals surface area contributed by atoms with Crippen molar-refractivity contribution in [3.63, 3.8) is 0 Å². The van der Waals surface area contributed by atoms with Gasteiger partial charge in [0.15, 0.2) is 0 Å². The van der Waals surface area contributed by atoms with Crippen LogP contribution in [0.3, 0.4) is 0 Å². The van der Waals surface area contributed by atoms with E-state index in [1.165, 1.54) is 5.69 Å². The van der Waals surface area contributed by atoms with E-state index < -0.39 is 8.80 Å². The van der Waals surface area contributed by atoms with Gasteiger partial charge in [0.05, 0.1) is 0 Å². The number of anilines is 2. The fourth-order valence-electron chi connectivity index (χ4n) is 1.97. The molecule has 0 radical (unpaired) electrons. The maximum absolute atomic E-state index is 5.39. The van der Waals surface area contributed by atoms with Gasteiger partial charge in [-0.05, 0) is 30.7 Å². The van der Waals surface area contributed by atoms with Crippen LogP contribution in [-0.4, -0.2) is 50.8 Å². The van der Waals surface area contributed by atoms with E-state index in [2.05, 4.69) is 34.5 Å². The SMILES string of the molecule is CO[Si](CCCNc1ccc(N(C)C)cc1)(OC)OC. The van der Waals surface area contributed by atoms with E-state index in [1.54, 1.807) is 21.3 Å².